The van der Waals surface area contributed by atoms with Crippen molar-refractivity contribution in [3.8, 4) is 10.9 Å². The Morgan fingerprint density at radius 2 is 2.16 bits per heavy atom. The van der Waals surface area contributed by atoms with Crippen LogP contribution in [0, 0.1) is 13.8 Å². The Hall–Kier alpha value is -2.54. The van der Waals surface area contributed by atoms with Crippen LogP contribution in [-0.4, -0.2) is 42.1 Å². The van der Waals surface area contributed by atoms with Gasteiger partial charge < -0.3 is 18.8 Å². The van der Waals surface area contributed by atoms with Crippen molar-refractivity contribution in [2.75, 3.05) is 20.2 Å². The number of hydrogen-bond donors (Lipinski definition) is 0. The predicted octanol–water partition coefficient (Wildman–Crippen LogP) is 3.42. The lowest BCUT2D eigenvalue weighted by Gasteiger charge is -2.38. The van der Waals surface area contributed by atoms with Crippen molar-refractivity contribution in [3.05, 3.63) is 41.3 Å². The van der Waals surface area contributed by atoms with Crippen LogP contribution in [0.2, 0.25) is 0 Å². The third-order valence-electron chi connectivity index (χ3n) is 4.26. The first-order valence-corrected chi connectivity index (χ1v) is 8.83. The number of thiazole rings is 1. The van der Waals surface area contributed by atoms with Crippen LogP contribution in [0.15, 0.2) is 28.7 Å². The number of benzene rings is 1. The molecule has 0 N–H and O–H groups in total. The van der Waals surface area contributed by atoms with Gasteiger partial charge in [0.05, 0.1) is 30.5 Å². The average Bonchev–Trinajstić information content (AvgIpc) is 3.11. The first-order valence-electron chi connectivity index (χ1n) is 8.01. The summed E-state index contributed by atoms with van der Waals surface area (Å²) >= 11 is 1.48. The van der Waals surface area contributed by atoms with Gasteiger partial charge in [0, 0.05) is 0 Å². The molecule has 0 saturated carbocycles. The summed E-state index contributed by atoms with van der Waals surface area (Å²) in [5.41, 5.74) is 1.43. The number of rotatable bonds is 4. The molecule has 6 nitrogen and oxygen atoms in total. The summed E-state index contributed by atoms with van der Waals surface area (Å²) in [6, 6.07) is 7.58. The molecule has 1 aliphatic rings. The topological polar surface area (TPSA) is 64.8 Å². The van der Waals surface area contributed by atoms with E-state index in [9.17, 15) is 4.79 Å². The zero-order valence-electron chi connectivity index (χ0n) is 14.2. The molecule has 0 spiro atoms. The highest BCUT2D eigenvalue weighted by atomic mass is 32.1. The standard InChI is InChI=1S/C18H18N2O4S/c1-10-7-13(11(2)23-10)17(21)20-8-12(9-20)24-18-19-16-14(22-3)5-4-6-15(16)25-18/h4-7,12H,8-9H2,1-3H3. The Labute approximate surface area is 149 Å². The molecule has 3 aromatic rings. The summed E-state index contributed by atoms with van der Waals surface area (Å²) in [5, 5.41) is 0.604. The number of carbonyl (C=O) groups is 1. The van der Waals surface area contributed by atoms with Gasteiger partial charge in [-0.25, -0.2) is 0 Å². The molecule has 2 aromatic heterocycles. The van der Waals surface area contributed by atoms with E-state index in [4.69, 9.17) is 13.9 Å². The maximum absolute atomic E-state index is 12.5. The molecule has 4 rings (SSSR count). The Morgan fingerprint density at radius 3 is 2.84 bits per heavy atom. The van der Waals surface area contributed by atoms with Crippen LogP contribution in [0.5, 0.6) is 10.9 Å². The SMILES string of the molecule is COc1cccc2sc(OC3CN(C(=O)c4cc(C)oc4C)C3)nc12. The minimum absolute atomic E-state index is 0.0137. The van der Waals surface area contributed by atoms with Gasteiger partial charge in [-0.3, -0.25) is 4.79 Å². The minimum Gasteiger partial charge on any atom is -0.494 e. The summed E-state index contributed by atoms with van der Waals surface area (Å²) < 4.78 is 17.7. The van der Waals surface area contributed by atoms with Crippen molar-refractivity contribution >= 4 is 27.5 Å². The van der Waals surface area contributed by atoms with Gasteiger partial charge in [-0.15, -0.1) is 0 Å². The Morgan fingerprint density at radius 1 is 1.36 bits per heavy atom. The number of methoxy groups -OCH3 is 1. The molecule has 0 atom stereocenters. The summed E-state index contributed by atoms with van der Waals surface area (Å²) in [6.07, 6.45) is -0.0381. The second kappa shape index (κ2) is 6.07. The third-order valence-corrected chi connectivity index (χ3v) is 5.17. The molecule has 0 bridgehead atoms. The number of furan rings is 1. The summed E-state index contributed by atoms with van der Waals surface area (Å²) in [4.78, 5) is 18.7. The molecule has 0 aliphatic carbocycles. The first kappa shape index (κ1) is 16.0. The molecule has 0 unspecified atom stereocenters. The number of ether oxygens (including phenoxy) is 2. The van der Waals surface area contributed by atoms with E-state index in [0.29, 0.717) is 29.6 Å². The average molecular weight is 358 g/mol. The Bertz CT molecular complexity index is 940. The minimum atomic E-state index is -0.0381. The van der Waals surface area contributed by atoms with Crippen LogP contribution in [0.4, 0.5) is 0 Å². The van der Waals surface area contributed by atoms with Crippen molar-refractivity contribution in [1.29, 1.82) is 0 Å². The molecule has 1 saturated heterocycles. The number of amides is 1. The monoisotopic (exact) mass is 358 g/mol. The molecule has 1 fully saturated rings. The van der Waals surface area contributed by atoms with E-state index < -0.39 is 0 Å². The lowest BCUT2D eigenvalue weighted by atomic mass is 10.1. The van der Waals surface area contributed by atoms with Gasteiger partial charge in [0.1, 0.15) is 28.9 Å². The number of likely N-dealkylation sites (tertiary alicyclic amines) is 1. The Kier molecular flexibility index (Phi) is 3.88. The second-order valence-electron chi connectivity index (χ2n) is 6.06. The smallest absolute Gasteiger partial charge is 0.274 e. The normalized spacial score (nSPS) is 14.6. The predicted molar refractivity (Wildman–Crippen MR) is 94.7 cm³/mol. The molecule has 130 valence electrons. The number of nitrogens with zero attached hydrogens (tertiary/aromatic N) is 2. The van der Waals surface area contributed by atoms with Gasteiger partial charge in [0.25, 0.3) is 11.1 Å². The van der Waals surface area contributed by atoms with Crippen LogP contribution < -0.4 is 9.47 Å². The van der Waals surface area contributed by atoms with Crippen molar-refractivity contribution < 1.29 is 18.7 Å². The van der Waals surface area contributed by atoms with Crippen molar-refractivity contribution in [1.82, 2.24) is 9.88 Å². The molecular weight excluding hydrogens is 340 g/mol. The number of fused-ring (bicyclic) bond motifs is 1. The highest BCUT2D eigenvalue weighted by Crippen LogP contribution is 2.34. The molecule has 7 heteroatoms. The molecular formula is C18H18N2O4S. The fraction of sp³-hybridized carbons (Fsp3) is 0.333. The van der Waals surface area contributed by atoms with E-state index in [2.05, 4.69) is 4.98 Å². The van der Waals surface area contributed by atoms with Gasteiger partial charge in [0.15, 0.2) is 0 Å². The maximum Gasteiger partial charge on any atom is 0.274 e. The van der Waals surface area contributed by atoms with E-state index in [1.165, 1.54) is 11.3 Å². The fourth-order valence-corrected chi connectivity index (χ4v) is 3.85. The van der Waals surface area contributed by atoms with E-state index >= 15 is 0 Å². The number of hydrogen-bond acceptors (Lipinski definition) is 6. The molecule has 3 heterocycles. The number of carbonyl (C=O) groups excluding carboxylic acids is 1. The Balaban J connectivity index is 1.41. The lowest BCUT2D eigenvalue weighted by Crippen LogP contribution is -2.56. The quantitative estimate of drug-likeness (QED) is 0.715. The summed E-state index contributed by atoms with van der Waals surface area (Å²) in [5.74, 6) is 2.13. The first-order chi connectivity index (χ1) is 12.0. The zero-order valence-corrected chi connectivity index (χ0v) is 15.1. The maximum atomic E-state index is 12.5. The molecule has 0 radical (unpaired) electrons. The summed E-state index contributed by atoms with van der Waals surface area (Å²) in [6.45, 7) is 4.75. The lowest BCUT2D eigenvalue weighted by molar-refractivity contribution is 0.0176. The van der Waals surface area contributed by atoms with Crippen LogP contribution in [0.25, 0.3) is 10.2 Å². The van der Waals surface area contributed by atoms with Crippen LogP contribution in [0.3, 0.4) is 0 Å². The van der Waals surface area contributed by atoms with E-state index in [1.807, 2.05) is 32.0 Å². The summed E-state index contributed by atoms with van der Waals surface area (Å²) in [7, 11) is 1.63. The number of aromatic nitrogens is 1. The van der Waals surface area contributed by atoms with Crippen LogP contribution in [0.1, 0.15) is 21.9 Å². The van der Waals surface area contributed by atoms with E-state index in [0.717, 1.165) is 21.7 Å². The van der Waals surface area contributed by atoms with Crippen LogP contribution >= 0.6 is 11.3 Å². The molecule has 1 aliphatic heterocycles. The number of para-hydroxylation sites is 1. The molecule has 1 amide bonds. The van der Waals surface area contributed by atoms with Gasteiger partial charge in [-0.05, 0) is 32.0 Å². The van der Waals surface area contributed by atoms with Crippen molar-refractivity contribution in [2.24, 2.45) is 0 Å². The fourth-order valence-electron chi connectivity index (χ4n) is 2.95. The van der Waals surface area contributed by atoms with Crippen molar-refractivity contribution in [2.45, 2.75) is 20.0 Å². The number of aryl methyl sites for hydroxylation is 2. The van der Waals surface area contributed by atoms with E-state index in [1.54, 1.807) is 18.1 Å². The van der Waals surface area contributed by atoms with Crippen LogP contribution in [-0.2, 0) is 0 Å². The highest BCUT2D eigenvalue weighted by Gasteiger charge is 2.34. The second-order valence-corrected chi connectivity index (χ2v) is 7.06. The highest BCUT2D eigenvalue weighted by molar-refractivity contribution is 7.20. The van der Waals surface area contributed by atoms with Crippen molar-refractivity contribution in [3.63, 3.8) is 0 Å². The van der Waals surface area contributed by atoms with Gasteiger partial charge in [-0.2, -0.15) is 4.98 Å². The molecule has 1 aromatic carbocycles. The van der Waals surface area contributed by atoms with Gasteiger partial charge >= 0.3 is 0 Å². The third kappa shape index (κ3) is 2.84. The van der Waals surface area contributed by atoms with E-state index in [-0.39, 0.29) is 12.0 Å². The zero-order chi connectivity index (χ0) is 17.6. The van der Waals surface area contributed by atoms with Gasteiger partial charge in [0.2, 0.25) is 0 Å². The molecule has 25 heavy (non-hydrogen) atoms. The largest absolute Gasteiger partial charge is 0.494 e. The van der Waals surface area contributed by atoms with Gasteiger partial charge in [-0.1, -0.05) is 17.4 Å².